The molecule has 0 aromatic carbocycles. The monoisotopic (exact) mass is 243 g/mol. The van der Waals surface area contributed by atoms with Crippen molar-refractivity contribution in [3.05, 3.63) is 28.7 Å². The minimum Gasteiger partial charge on any atom is -0.342 e. The molecule has 0 aliphatic heterocycles. The van der Waals surface area contributed by atoms with Gasteiger partial charge < -0.3 is 9.51 Å². The SMILES string of the molecule is N#Cc1ccc(-c2nc(-c3cscn3)no2)[nH]1. The number of rotatable bonds is 2. The smallest absolute Gasteiger partial charge is 0.274 e. The lowest BCUT2D eigenvalue weighted by Gasteiger charge is -1.85. The number of hydrogen-bond acceptors (Lipinski definition) is 6. The summed E-state index contributed by atoms with van der Waals surface area (Å²) in [5, 5.41) is 14.4. The highest BCUT2D eigenvalue weighted by atomic mass is 32.1. The van der Waals surface area contributed by atoms with Crippen LogP contribution in [-0.2, 0) is 0 Å². The summed E-state index contributed by atoms with van der Waals surface area (Å²) in [4.78, 5) is 11.1. The fourth-order valence-electron chi connectivity index (χ4n) is 1.34. The van der Waals surface area contributed by atoms with E-state index in [1.165, 1.54) is 11.3 Å². The fraction of sp³-hybridized carbons (Fsp3) is 0. The largest absolute Gasteiger partial charge is 0.342 e. The van der Waals surface area contributed by atoms with Crippen LogP contribution in [0.3, 0.4) is 0 Å². The Morgan fingerprint density at radius 2 is 2.35 bits per heavy atom. The van der Waals surface area contributed by atoms with Gasteiger partial charge in [0, 0.05) is 5.38 Å². The van der Waals surface area contributed by atoms with E-state index in [1.807, 2.05) is 11.4 Å². The van der Waals surface area contributed by atoms with E-state index in [1.54, 1.807) is 17.6 Å². The van der Waals surface area contributed by atoms with Gasteiger partial charge >= 0.3 is 0 Å². The zero-order valence-corrected chi connectivity index (χ0v) is 9.23. The van der Waals surface area contributed by atoms with Crippen LogP contribution < -0.4 is 0 Å². The average molecular weight is 243 g/mol. The molecule has 3 aromatic heterocycles. The topological polar surface area (TPSA) is 91.4 Å². The molecule has 0 saturated heterocycles. The number of aromatic amines is 1. The maximum Gasteiger partial charge on any atom is 0.274 e. The lowest BCUT2D eigenvalue weighted by Crippen LogP contribution is -1.81. The van der Waals surface area contributed by atoms with E-state index >= 15 is 0 Å². The molecule has 1 N–H and O–H groups in total. The molecule has 0 aliphatic carbocycles. The van der Waals surface area contributed by atoms with Gasteiger partial charge in [0.05, 0.1) is 5.51 Å². The Hall–Kier alpha value is -2.46. The molecular weight excluding hydrogens is 238 g/mol. The van der Waals surface area contributed by atoms with Crippen molar-refractivity contribution in [2.75, 3.05) is 0 Å². The van der Waals surface area contributed by atoms with Crippen molar-refractivity contribution in [3.8, 4) is 29.2 Å². The summed E-state index contributed by atoms with van der Waals surface area (Å²) in [6, 6.07) is 5.37. The lowest BCUT2D eigenvalue weighted by molar-refractivity contribution is 0.431. The first kappa shape index (κ1) is 9.74. The van der Waals surface area contributed by atoms with Gasteiger partial charge in [0.2, 0.25) is 5.82 Å². The molecule has 0 spiro atoms. The summed E-state index contributed by atoms with van der Waals surface area (Å²) in [7, 11) is 0. The first-order valence-corrected chi connectivity index (χ1v) is 5.63. The van der Waals surface area contributed by atoms with Crippen LogP contribution >= 0.6 is 11.3 Å². The maximum absolute atomic E-state index is 8.70. The van der Waals surface area contributed by atoms with Gasteiger partial charge in [0.1, 0.15) is 23.2 Å². The number of thiazole rings is 1. The molecule has 3 rings (SSSR count). The quantitative estimate of drug-likeness (QED) is 0.743. The minimum absolute atomic E-state index is 0.342. The molecular formula is C10H5N5OS. The Kier molecular flexibility index (Phi) is 2.20. The van der Waals surface area contributed by atoms with Crippen LogP contribution in [0.2, 0.25) is 0 Å². The van der Waals surface area contributed by atoms with Crippen LogP contribution in [0.1, 0.15) is 5.69 Å². The van der Waals surface area contributed by atoms with E-state index in [2.05, 4.69) is 20.1 Å². The first-order chi connectivity index (χ1) is 8.36. The van der Waals surface area contributed by atoms with Gasteiger partial charge in [0.15, 0.2) is 0 Å². The van der Waals surface area contributed by atoms with Crippen LogP contribution in [-0.4, -0.2) is 20.1 Å². The van der Waals surface area contributed by atoms with Gasteiger partial charge in [-0.05, 0) is 12.1 Å². The Balaban J connectivity index is 1.98. The van der Waals surface area contributed by atoms with Gasteiger partial charge in [-0.25, -0.2) is 4.98 Å². The predicted octanol–water partition coefficient (Wildman–Crippen LogP) is 2.06. The van der Waals surface area contributed by atoms with E-state index in [0.717, 1.165) is 0 Å². The minimum atomic E-state index is 0.342. The van der Waals surface area contributed by atoms with E-state index in [0.29, 0.717) is 28.8 Å². The number of H-pyrrole nitrogens is 1. The molecule has 0 radical (unpaired) electrons. The fourth-order valence-corrected chi connectivity index (χ4v) is 1.88. The molecule has 3 heterocycles. The summed E-state index contributed by atoms with van der Waals surface area (Å²) < 4.78 is 5.10. The van der Waals surface area contributed by atoms with Gasteiger partial charge in [-0.1, -0.05) is 5.16 Å². The number of aromatic nitrogens is 4. The Labute approximate surface area is 99.6 Å². The molecule has 0 bridgehead atoms. The van der Waals surface area contributed by atoms with E-state index in [4.69, 9.17) is 9.78 Å². The van der Waals surface area contributed by atoms with E-state index < -0.39 is 0 Å². The van der Waals surface area contributed by atoms with Crippen LogP contribution in [0.25, 0.3) is 23.1 Å². The molecule has 7 heteroatoms. The molecule has 82 valence electrons. The number of hydrogen-bond donors (Lipinski definition) is 1. The molecule has 0 fully saturated rings. The third kappa shape index (κ3) is 1.70. The zero-order valence-electron chi connectivity index (χ0n) is 8.41. The Bertz CT molecular complexity index is 676. The second-order valence-electron chi connectivity index (χ2n) is 3.19. The van der Waals surface area contributed by atoms with Crippen LogP contribution in [0.4, 0.5) is 0 Å². The summed E-state index contributed by atoms with van der Waals surface area (Å²) >= 11 is 1.46. The average Bonchev–Trinajstić information content (AvgIpc) is 3.09. The molecule has 0 atom stereocenters. The lowest BCUT2D eigenvalue weighted by atomic mass is 10.4. The van der Waals surface area contributed by atoms with Gasteiger partial charge in [0.25, 0.3) is 5.89 Å². The highest BCUT2D eigenvalue weighted by Crippen LogP contribution is 2.21. The molecule has 0 amide bonds. The summed E-state index contributed by atoms with van der Waals surface area (Å²) in [6.45, 7) is 0. The van der Waals surface area contributed by atoms with E-state index in [9.17, 15) is 0 Å². The first-order valence-electron chi connectivity index (χ1n) is 4.68. The van der Waals surface area contributed by atoms with Crippen molar-refractivity contribution in [2.45, 2.75) is 0 Å². The molecule has 0 unspecified atom stereocenters. The van der Waals surface area contributed by atoms with Crippen molar-refractivity contribution < 1.29 is 4.52 Å². The number of nitrogens with one attached hydrogen (secondary N) is 1. The van der Waals surface area contributed by atoms with Gasteiger partial charge in [-0.2, -0.15) is 10.2 Å². The summed E-state index contributed by atoms with van der Waals surface area (Å²) in [6.07, 6.45) is 0. The Morgan fingerprint density at radius 1 is 1.41 bits per heavy atom. The van der Waals surface area contributed by atoms with Crippen LogP contribution in [0, 0.1) is 11.3 Å². The summed E-state index contributed by atoms with van der Waals surface area (Å²) in [5.74, 6) is 0.781. The molecule has 17 heavy (non-hydrogen) atoms. The third-order valence-electron chi connectivity index (χ3n) is 2.12. The van der Waals surface area contributed by atoms with Crippen molar-refractivity contribution in [2.24, 2.45) is 0 Å². The zero-order chi connectivity index (χ0) is 11.7. The summed E-state index contributed by atoms with van der Waals surface area (Å²) in [5.41, 5.74) is 3.45. The molecule has 3 aromatic rings. The highest BCUT2D eigenvalue weighted by Gasteiger charge is 2.13. The van der Waals surface area contributed by atoms with Gasteiger partial charge in [-0.3, -0.25) is 0 Å². The molecule has 0 saturated carbocycles. The number of nitrogens with zero attached hydrogens (tertiary/aromatic N) is 4. The normalized spacial score (nSPS) is 10.3. The van der Waals surface area contributed by atoms with Crippen molar-refractivity contribution >= 4 is 11.3 Å². The van der Waals surface area contributed by atoms with Crippen LogP contribution in [0.15, 0.2) is 27.5 Å². The maximum atomic E-state index is 8.70. The van der Waals surface area contributed by atoms with Crippen molar-refractivity contribution in [3.63, 3.8) is 0 Å². The second-order valence-corrected chi connectivity index (χ2v) is 3.91. The molecule has 6 nitrogen and oxygen atoms in total. The van der Waals surface area contributed by atoms with Crippen molar-refractivity contribution in [1.29, 1.82) is 5.26 Å². The second kappa shape index (κ2) is 3.84. The predicted molar refractivity (Wildman–Crippen MR) is 59.9 cm³/mol. The van der Waals surface area contributed by atoms with E-state index in [-0.39, 0.29) is 0 Å². The van der Waals surface area contributed by atoms with Gasteiger partial charge in [-0.15, -0.1) is 11.3 Å². The van der Waals surface area contributed by atoms with Crippen LogP contribution in [0.5, 0.6) is 0 Å². The molecule has 0 aliphatic rings. The number of nitriles is 1. The highest BCUT2D eigenvalue weighted by molar-refractivity contribution is 7.07. The third-order valence-corrected chi connectivity index (χ3v) is 2.71. The standard InChI is InChI=1S/C10H5N5OS/c11-3-6-1-2-7(13-6)10-14-9(15-16-10)8-4-17-5-12-8/h1-2,4-5,13H. The van der Waals surface area contributed by atoms with Crippen molar-refractivity contribution in [1.82, 2.24) is 20.1 Å². The Morgan fingerprint density at radius 3 is 3.06 bits per heavy atom.